The molecule has 1 N–H and O–H groups in total. The predicted octanol–water partition coefficient (Wildman–Crippen LogP) is 1.78. The van der Waals surface area contributed by atoms with Crippen molar-refractivity contribution in [1.29, 1.82) is 0 Å². The van der Waals surface area contributed by atoms with Gasteiger partial charge in [-0.1, -0.05) is 19.0 Å². The van der Waals surface area contributed by atoms with E-state index in [1.165, 1.54) is 0 Å². The molecular formula is C13H21F2N3O2. The largest absolute Gasteiger partial charge is 0.375 e. The van der Waals surface area contributed by atoms with Crippen molar-refractivity contribution in [2.45, 2.75) is 38.5 Å². The van der Waals surface area contributed by atoms with Crippen molar-refractivity contribution in [2.75, 3.05) is 26.3 Å². The SMILES string of the molecule is CC(C)C1(c2nc(CCOCC(F)F)no2)CCNC1. The van der Waals surface area contributed by atoms with E-state index in [0.717, 1.165) is 19.5 Å². The fourth-order valence-corrected chi connectivity index (χ4v) is 2.53. The summed E-state index contributed by atoms with van der Waals surface area (Å²) in [6.07, 6.45) is -1.09. The van der Waals surface area contributed by atoms with Crippen LogP contribution in [0.3, 0.4) is 0 Å². The van der Waals surface area contributed by atoms with Gasteiger partial charge < -0.3 is 14.6 Å². The minimum atomic E-state index is -2.44. The van der Waals surface area contributed by atoms with Gasteiger partial charge in [0.2, 0.25) is 5.89 Å². The first-order valence-corrected chi connectivity index (χ1v) is 6.94. The minimum Gasteiger partial charge on any atom is -0.375 e. The number of ether oxygens (including phenoxy) is 1. The Balaban J connectivity index is 1.94. The highest BCUT2D eigenvalue weighted by Crippen LogP contribution is 2.36. The van der Waals surface area contributed by atoms with Crippen LogP contribution >= 0.6 is 0 Å². The maximum Gasteiger partial charge on any atom is 0.261 e. The smallest absolute Gasteiger partial charge is 0.261 e. The molecule has 1 saturated heterocycles. The van der Waals surface area contributed by atoms with E-state index in [1.54, 1.807) is 0 Å². The number of nitrogens with zero attached hydrogens (tertiary/aromatic N) is 2. The first-order valence-electron chi connectivity index (χ1n) is 6.94. The Morgan fingerprint density at radius 1 is 1.45 bits per heavy atom. The summed E-state index contributed by atoms with van der Waals surface area (Å²) in [5, 5.41) is 7.25. The fourth-order valence-electron chi connectivity index (χ4n) is 2.53. The summed E-state index contributed by atoms with van der Waals surface area (Å²) in [5.74, 6) is 1.54. The van der Waals surface area contributed by atoms with E-state index in [4.69, 9.17) is 9.26 Å². The average Bonchev–Trinajstić information content (AvgIpc) is 3.03. The molecule has 0 bridgehead atoms. The summed E-state index contributed by atoms with van der Waals surface area (Å²) in [6, 6.07) is 0. The van der Waals surface area contributed by atoms with Gasteiger partial charge in [0.15, 0.2) is 5.82 Å². The lowest BCUT2D eigenvalue weighted by atomic mass is 9.76. The Bertz CT molecular complexity index is 418. The zero-order chi connectivity index (χ0) is 14.6. The van der Waals surface area contributed by atoms with Gasteiger partial charge in [-0.2, -0.15) is 4.98 Å². The molecule has 114 valence electrons. The lowest BCUT2D eigenvalue weighted by Gasteiger charge is -2.28. The third kappa shape index (κ3) is 3.32. The van der Waals surface area contributed by atoms with Crippen molar-refractivity contribution in [1.82, 2.24) is 15.5 Å². The highest BCUT2D eigenvalue weighted by atomic mass is 19.3. The topological polar surface area (TPSA) is 60.2 Å². The number of aromatic nitrogens is 2. The second-order valence-electron chi connectivity index (χ2n) is 5.47. The fraction of sp³-hybridized carbons (Fsp3) is 0.846. The van der Waals surface area contributed by atoms with Crippen molar-refractivity contribution >= 4 is 0 Å². The molecule has 1 unspecified atom stereocenters. The van der Waals surface area contributed by atoms with Gasteiger partial charge in [-0.25, -0.2) is 8.78 Å². The monoisotopic (exact) mass is 289 g/mol. The zero-order valence-corrected chi connectivity index (χ0v) is 11.9. The van der Waals surface area contributed by atoms with Gasteiger partial charge in [0.1, 0.15) is 6.61 Å². The molecule has 0 amide bonds. The highest BCUT2D eigenvalue weighted by molar-refractivity contribution is 5.11. The summed E-state index contributed by atoms with van der Waals surface area (Å²) in [7, 11) is 0. The van der Waals surface area contributed by atoms with E-state index in [1.807, 2.05) is 0 Å². The normalized spacial score (nSPS) is 23.1. The van der Waals surface area contributed by atoms with Gasteiger partial charge in [-0.15, -0.1) is 0 Å². The number of alkyl halides is 2. The lowest BCUT2D eigenvalue weighted by Crippen LogP contribution is -2.35. The van der Waals surface area contributed by atoms with Crippen LogP contribution in [0.5, 0.6) is 0 Å². The molecule has 0 aromatic carbocycles. The van der Waals surface area contributed by atoms with Crippen molar-refractivity contribution < 1.29 is 18.0 Å². The summed E-state index contributed by atoms with van der Waals surface area (Å²) >= 11 is 0. The van der Waals surface area contributed by atoms with Crippen LogP contribution in [0, 0.1) is 5.92 Å². The molecule has 0 saturated carbocycles. The molecule has 1 aromatic rings. The second-order valence-corrected chi connectivity index (χ2v) is 5.47. The van der Waals surface area contributed by atoms with Crippen LogP contribution in [0.15, 0.2) is 4.52 Å². The lowest BCUT2D eigenvalue weighted by molar-refractivity contribution is 0.0182. The van der Waals surface area contributed by atoms with Crippen LogP contribution in [0.1, 0.15) is 32.0 Å². The van der Waals surface area contributed by atoms with E-state index in [9.17, 15) is 8.78 Å². The molecule has 1 aliphatic heterocycles. The molecule has 5 nitrogen and oxygen atoms in total. The van der Waals surface area contributed by atoms with Gasteiger partial charge in [-0.3, -0.25) is 0 Å². The number of halogens is 2. The summed E-state index contributed by atoms with van der Waals surface area (Å²) < 4.78 is 34.1. The van der Waals surface area contributed by atoms with E-state index in [0.29, 0.717) is 24.1 Å². The average molecular weight is 289 g/mol. The molecule has 1 aromatic heterocycles. The van der Waals surface area contributed by atoms with Crippen LogP contribution in [-0.2, 0) is 16.6 Å². The van der Waals surface area contributed by atoms with Gasteiger partial charge in [-0.05, 0) is 18.9 Å². The maximum atomic E-state index is 11.9. The van der Waals surface area contributed by atoms with Crippen molar-refractivity contribution in [2.24, 2.45) is 5.92 Å². The Hall–Kier alpha value is -1.08. The van der Waals surface area contributed by atoms with Crippen molar-refractivity contribution in [3.05, 3.63) is 11.7 Å². The molecule has 20 heavy (non-hydrogen) atoms. The number of rotatable bonds is 7. The van der Waals surface area contributed by atoms with Crippen LogP contribution in [0.2, 0.25) is 0 Å². The van der Waals surface area contributed by atoms with Gasteiger partial charge in [0, 0.05) is 13.0 Å². The molecule has 0 aliphatic carbocycles. The molecule has 2 rings (SSSR count). The molecule has 7 heteroatoms. The molecule has 1 aliphatic rings. The molecule has 0 spiro atoms. The number of nitrogens with one attached hydrogen (secondary N) is 1. The van der Waals surface area contributed by atoms with Crippen molar-refractivity contribution in [3.63, 3.8) is 0 Å². The second kappa shape index (κ2) is 6.58. The van der Waals surface area contributed by atoms with Crippen LogP contribution in [-0.4, -0.2) is 42.9 Å². The standard InChI is InChI=1S/C13H21F2N3O2/c1-9(2)13(4-5-16-8-13)12-17-11(18-20-12)3-6-19-7-10(14)15/h9-10,16H,3-8H2,1-2H3. The third-order valence-corrected chi connectivity index (χ3v) is 3.90. The minimum absolute atomic E-state index is 0.116. The maximum absolute atomic E-state index is 11.9. The van der Waals surface area contributed by atoms with Crippen molar-refractivity contribution in [3.8, 4) is 0 Å². The predicted molar refractivity (Wildman–Crippen MR) is 68.8 cm³/mol. The first-order chi connectivity index (χ1) is 9.54. The number of hydrogen-bond acceptors (Lipinski definition) is 5. The Kier molecular flexibility index (Phi) is 5.04. The quantitative estimate of drug-likeness (QED) is 0.775. The zero-order valence-electron chi connectivity index (χ0n) is 11.9. The van der Waals surface area contributed by atoms with Gasteiger partial charge >= 0.3 is 0 Å². The molecule has 1 fully saturated rings. The van der Waals surface area contributed by atoms with Gasteiger partial charge in [0.25, 0.3) is 6.43 Å². The highest BCUT2D eigenvalue weighted by Gasteiger charge is 2.43. The molecule has 2 heterocycles. The van der Waals surface area contributed by atoms with Gasteiger partial charge in [0.05, 0.1) is 12.0 Å². The van der Waals surface area contributed by atoms with Crippen LogP contribution < -0.4 is 5.32 Å². The summed E-state index contributed by atoms with van der Waals surface area (Å²) in [4.78, 5) is 4.42. The molecular weight excluding hydrogens is 268 g/mol. The Morgan fingerprint density at radius 3 is 2.85 bits per heavy atom. The summed E-state index contributed by atoms with van der Waals surface area (Å²) in [5.41, 5.74) is -0.116. The molecule has 1 atom stereocenters. The Labute approximate surface area is 117 Å². The van der Waals surface area contributed by atoms with Crippen LogP contribution in [0.4, 0.5) is 8.78 Å². The third-order valence-electron chi connectivity index (χ3n) is 3.90. The van der Waals surface area contributed by atoms with E-state index in [-0.39, 0.29) is 12.0 Å². The van der Waals surface area contributed by atoms with Crippen LogP contribution in [0.25, 0.3) is 0 Å². The first kappa shape index (κ1) is 15.3. The van der Waals surface area contributed by atoms with E-state index >= 15 is 0 Å². The Morgan fingerprint density at radius 2 is 2.25 bits per heavy atom. The van der Waals surface area contributed by atoms with E-state index < -0.39 is 13.0 Å². The summed E-state index contributed by atoms with van der Waals surface area (Å²) in [6.45, 7) is 5.67. The number of hydrogen-bond donors (Lipinski definition) is 1. The molecule has 0 radical (unpaired) electrons. The van der Waals surface area contributed by atoms with E-state index in [2.05, 4.69) is 29.3 Å².